The number of benzene rings is 2. The topological polar surface area (TPSA) is 43.9 Å². The quantitative estimate of drug-likeness (QED) is 0.655. The van der Waals surface area contributed by atoms with Crippen molar-refractivity contribution in [2.75, 3.05) is 49.1 Å². The molecular formula is C23H25Cl2N3O2. The molecule has 2 aromatic carbocycles. The molecule has 4 rings (SSSR count). The second-order valence-electron chi connectivity index (χ2n) is 7.88. The zero-order valence-electron chi connectivity index (χ0n) is 16.8. The van der Waals surface area contributed by atoms with E-state index in [0.717, 1.165) is 69.8 Å². The monoisotopic (exact) mass is 445 g/mol. The molecule has 2 aromatic rings. The van der Waals surface area contributed by atoms with Crippen LogP contribution >= 0.6 is 23.2 Å². The second-order valence-corrected chi connectivity index (χ2v) is 8.70. The summed E-state index contributed by atoms with van der Waals surface area (Å²) >= 11 is 12.2. The first-order valence-electron chi connectivity index (χ1n) is 10.3. The molecule has 2 aliphatic rings. The van der Waals surface area contributed by atoms with Gasteiger partial charge in [0, 0.05) is 62.1 Å². The first kappa shape index (κ1) is 21.0. The van der Waals surface area contributed by atoms with Crippen molar-refractivity contribution in [3.05, 3.63) is 58.1 Å². The standard InChI is InChI=1S/C23H25Cl2N3O2/c24-21-6-5-20(15-22(21)25)27-11-13-28(14-12-27)23(30)18-7-9-26(10-8-18)19-3-1-17(16-29)2-4-19/h1-6,15-16,18H,7-14H2. The molecule has 0 N–H and O–H groups in total. The minimum Gasteiger partial charge on any atom is -0.371 e. The van der Waals surface area contributed by atoms with Gasteiger partial charge in [0.1, 0.15) is 6.29 Å². The first-order chi connectivity index (χ1) is 14.5. The fourth-order valence-electron chi connectivity index (χ4n) is 4.27. The van der Waals surface area contributed by atoms with Crippen molar-refractivity contribution < 1.29 is 9.59 Å². The molecule has 2 aliphatic heterocycles. The van der Waals surface area contributed by atoms with Crippen molar-refractivity contribution in [2.24, 2.45) is 5.92 Å². The fourth-order valence-corrected chi connectivity index (χ4v) is 4.57. The Hall–Kier alpha value is -2.24. The van der Waals surface area contributed by atoms with Crippen molar-refractivity contribution >= 4 is 46.8 Å². The van der Waals surface area contributed by atoms with E-state index < -0.39 is 0 Å². The van der Waals surface area contributed by atoms with E-state index in [9.17, 15) is 9.59 Å². The Morgan fingerprint density at radius 2 is 1.40 bits per heavy atom. The highest BCUT2D eigenvalue weighted by atomic mass is 35.5. The number of nitrogens with zero attached hydrogens (tertiary/aromatic N) is 3. The smallest absolute Gasteiger partial charge is 0.225 e. The van der Waals surface area contributed by atoms with Crippen molar-refractivity contribution in [3.63, 3.8) is 0 Å². The molecule has 2 heterocycles. The van der Waals surface area contributed by atoms with Gasteiger partial charge in [-0.2, -0.15) is 0 Å². The van der Waals surface area contributed by atoms with Gasteiger partial charge in [0.25, 0.3) is 0 Å². The van der Waals surface area contributed by atoms with Gasteiger partial charge < -0.3 is 14.7 Å². The Morgan fingerprint density at radius 1 is 0.800 bits per heavy atom. The normalized spacial score (nSPS) is 17.9. The number of hydrogen-bond acceptors (Lipinski definition) is 4. The maximum atomic E-state index is 13.0. The molecule has 0 unspecified atom stereocenters. The number of halogens is 2. The van der Waals surface area contributed by atoms with Crippen LogP contribution in [-0.2, 0) is 4.79 Å². The maximum absolute atomic E-state index is 13.0. The molecular weight excluding hydrogens is 421 g/mol. The van der Waals surface area contributed by atoms with E-state index in [2.05, 4.69) is 9.80 Å². The van der Waals surface area contributed by atoms with E-state index in [1.165, 1.54) is 0 Å². The van der Waals surface area contributed by atoms with Crippen molar-refractivity contribution in [1.29, 1.82) is 0 Å². The molecule has 0 aromatic heterocycles. The summed E-state index contributed by atoms with van der Waals surface area (Å²) in [5.41, 5.74) is 2.84. The Kier molecular flexibility index (Phi) is 6.49. The molecule has 0 spiro atoms. The first-order valence-corrected chi connectivity index (χ1v) is 11.1. The van der Waals surface area contributed by atoms with Crippen LogP contribution in [0.2, 0.25) is 10.0 Å². The summed E-state index contributed by atoms with van der Waals surface area (Å²) in [6.45, 7) is 4.77. The minimum atomic E-state index is 0.0898. The van der Waals surface area contributed by atoms with Crippen LogP contribution in [0, 0.1) is 5.92 Å². The number of anilines is 2. The van der Waals surface area contributed by atoms with Crippen LogP contribution in [0.4, 0.5) is 11.4 Å². The average molecular weight is 446 g/mol. The van der Waals surface area contributed by atoms with E-state index in [1.807, 2.05) is 47.4 Å². The van der Waals surface area contributed by atoms with Gasteiger partial charge >= 0.3 is 0 Å². The van der Waals surface area contributed by atoms with Gasteiger partial charge in [-0.25, -0.2) is 0 Å². The lowest BCUT2D eigenvalue weighted by atomic mass is 9.94. The van der Waals surface area contributed by atoms with Crippen molar-refractivity contribution in [1.82, 2.24) is 4.90 Å². The Bertz CT molecular complexity index is 903. The van der Waals surface area contributed by atoms with E-state index in [0.29, 0.717) is 15.6 Å². The van der Waals surface area contributed by atoms with Gasteiger partial charge in [0.05, 0.1) is 10.0 Å². The van der Waals surface area contributed by atoms with Gasteiger partial charge in [0.2, 0.25) is 5.91 Å². The second kappa shape index (κ2) is 9.27. The van der Waals surface area contributed by atoms with E-state index >= 15 is 0 Å². The number of amides is 1. The van der Waals surface area contributed by atoms with E-state index in [1.54, 1.807) is 0 Å². The number of carbonyl (C=O) groups is 2. The Morgan fingerprint density at radius 3 is 2.00 bits per heavy atom. The molecule has 7 heteroatoms. The van der Waals surface area contributed by atoms with Gasteiger partial charge in [-0.05, 0) is 55.3 Å². The number of piperidine rings is 1. The highest BCUT2D eigenvalue weighted by Gasteiger charge is 2.30. The lowest BCUT2D eigenvalue weighted by Gasteiger charge is -2.39. The summed E-state index contributed by atoms with van der Waals surface area (Å²) in [7, 11) is 0. The zero-order chi connectivity index (χ0) is 21.1. The molecule has 2 saturated heterocycles. The molecule has 0 atom stereocenters. The summed E-state index contributed by atoms with van der Waals surface area (Å²) in [4.78, 5) is 30.4. The van der Waals surface area contributed by atoms with Crippen LogP contribution in [0.5, 0.6) is 0 Å². The van der Waals surface area contributed by atoms with Gasteiger partial charge in [0.15, 0.2) is 0 Å². The molecule has 2 fully saturated rings. The summed E-state index contributed by atoms with van der Waals surface area (Å²) in [5.74, 6) is 0.367. The van der Waals surface area contributed by atoms with Gasteiger partial charge in [-0.3, -0.25) is 9.59 Å². The summed E-state index contributed by atoms with van der Waals surface area (Å²) in [6.07, 6.45) is 2.58. The predicted octanol–water partition coefficient (Wildman–Crippen LogP) is 4.37. The SMILES string of the molecule is O=Cc1ccc(N2CCC(C(=O)N3CCN(c4ccc(Cl)c(Cl)c4)CC3)CC2)cc1. The molecule has 0 radical (unpaired) electrons. The van der Waals surface area contributed by atoms with Gasteiger partial charge in [-0.15, -0.1) is 0 Å². The van der Waals surface area contributed by atoms with E-state index in [-0.39, 0.29) is 11.8 Å². The number of aldehydes is 1. The lowest BCUT2D eigenvalue weighted by Crippen LogP contribution is -2.51. The minimum absolute atomic E-state index is 0.0898. The number of rotatable bonds is 4. The number of carbonyl (C=O) groups excluding carboxylic acids is 2. The molecule has 30 heavy (non-hydrogen) atoms. The molecule has 5 nitrogen and oxygen atoms in total. The van der Waals surface area contributed by atoms with Crippen LogP contribution in [-0.4, -0.2) is 56.4 Å². The third kappa shape index (κ3) is 4.57. The highest BCUT2D eigenvalue weighted by Crippen LogP contribution is 2.29. The maximum Gasteiger partial charge on any atom is 0.225 e. The van der Waals surface area contributed by atoms with Crippen LogP contribution in [0.15, 0.2) is 42.5 Å². The van der Waals surface area contributed by atoms with E-state index in [4.69, 9.17) is 23.2 Å². The largest absolute Gasteiger partial charge is 0.371 e. The number of hydrogen-bond donors (Lipinski definition) is 0. The van der Waals surface area contributed by atoms with Gasteiger partial charge in [-0.1, -0.05) is 23.2 Å². The summed E-state index contributed by atoms with van der Waals surface area (Å²) in [5, 5.41) is 1.11. The highest BCUT2D eigenvalue weighted by molar-refractivity contribution is 6.42. The zero-order valence-corrected chi connectivity index (χ0v) is 18.3. The molecule has 0 aliphatic carbocycles. The average Bonchev–Trinajstić information content (AvgIpc) is 2.81. The Labute approximate surface area is 187 Å². The number of piperazine rings is 1. The fraction of sp³-hybridized carbons (Fsp3) is 0.391. The summed E-state index contributed by atoms with van der Waals surface area (Å²) in [6, 6.07) is 13.3. The molecule has 0 saturated carbocycles. The lowest BCUT2D eigenvalue weighted by molar-refractivity contribution is -0.136. The van der Waals surface area contributed by atoms with Crippen LogP contribution < -0.4 is 9.80 Å². The molecule has 1 amide bonds. The van der Waals surface area contributed by atoms with Crippen LogP contribution in [0.1, 0.15) is 23.2 Å². The van der Waals surface area contributed by atoms with Crippen LogP contribution in [0.25, 0.3) is 0 Å². The summed E-state index contributed by atoms with van der Waals surface area (Å²) < 4.78 is 0. The molecule has 158 valence electrons. The predicted molar refractivity (Wildman–Crippen MR) is 122 cm³/mol. The van der Waals surface area contributed by atoms with Crippen molar-refractivity contribution in [2.45, 2.75) is 12.8 Å². The Balaban J connectivity index is 1.28. The molecule has 0 bridgehead atoms. The van der Waals surface area contributed by atoms with Crippen LogP contribution in [0.3, 0.4) is 0 Å². The van der Waals surface area contributed by atoms with Crippen molar-refractivity contribution in [3.8, 4) is 0 Å². The third-order valence-electron chi connectivity index (χ3n) is 6.10. The third-order valence-corrected chi connectivity index (χ3v) is 6.84.